The average molecular weight is 268 g/mol. The Morgan fingerprint density at radius 3 is 1.69 bits per heavy atom. The van der Waals surface area contributed by atoms with Gasteiger partial charge in [0.2, 0.25) is 0 Å². The van der Waals surface area contributed by atoms with Crippen LogP contribution in [0.25, 0.3) is 0 Å². The fourth-order valence-corrected chi connectivity index (χ4v) is 3.89. The van der Waals surface area contributed by atoms with Crippen LogP contribution in [0.5, 0.6) is 0 Å². The number of hydrogen-bond acceptors (Lipinski definition) is 5. The minimum absolute atomic E-state index is 0.300. The molecule has 6 heteroatoms. The summed E-state index contributed by atoms with van der Waals surface area (Å²) in [6, 6.07) is 0. The van der Waals surface area contributed by atoms with Gasteiger partial charge in [0.05, 0.1) is 0 Å². The molecule has 0 aromatic rings. The first-order valence-electron chi connectivity index (χ1n) is 5.32. The maximum absolute atomic E-state index is 11.5. The molecule has 0 saturated carbocycles. The second-order valence-electron chi connectivity index (χ2n) is 2.97. The van der Waals surface area contributed by atoms with Crippen molar-refractivity contribution in [2.24, 2.45) is 0 Å². The van der Waals surface area contributed by atoms with E-state index in [9.17, 15) is 4.79 Å². The third kappa shape index (κ3) is 5.23. The summed E-state index contributed by atoms with van der Waals surface area (Å²) in [7, 11) is 0. The van der Waals surface area contributed by atoms with Crippen LogP contribution in [0.15, 0.2) is 12.2 Å². The molecule has 0 unspecified atom stereocenters. The van der Waals surface area contributed by atoms with Gasteiger partial charge >= 0.3 is 102 Å². The fourth-order valence-electron chi connectivity index (χ4n) is 0.944. The van der Waals surface area contributed by atoms with Crippen LogP contribution in [0.3, 0.4) is 0 Å². The molecule has 0 amide bonds. The monoisotopic (exact) mass is 268 g/mol. The summed E-state index contributed by atoms with van der Waals surface area (Å²) in [5, 5.41) is 0. The Morgan fingerprint density at radius 1 is 1.06 bits per heavy atom. The summed E-state index contributed by atoms with van der Waals surface area (Å²) in [5.74, 6) is -0.532. The standard InChI is InChI=1S/C4H6O2.3C2H5O.Ti/c1-3(2)4(5)6;3*1-2-3;/h1H2,2H3,(H,5,6);3*2H2,1H3;/q;3*-1;+4/p-1. The third-order valence-electron chi connectivity index (χ3n) is 1.53. The van der Waals surface area contributed by atoms with Crippen molar-refractivity contribution >= 4 is 5.97 Å². The van der Waals surface area contributed by atoms with Gasteiger partial charge in [0, 0.05) is 0 Å². The van der Waals surface area contributed by atoms with Crippen LogP contribution in [0.4, 0.5) is 0 Å². The van der Waals surface area contributed by atoms with Crippen LogP contribution in [-0.2, 0) is 36.2 Å². The molecule has 0 fully saturated rings. The molecule has 0 heterocycles. The van der Waals surface area contributed by atoms with Crippen molar-refractivity contribution < 1.29 is 36.2 Å². The molecule has 0 aliphatic rings. The maximum atomic E-state index is 11.5. The number of rotatable bonds is 8. The van der Waals surface area contributed by atoms with E-state index in [-0.39, 0.29) is 0 Å². The predicted molar refractivity (Wildman–Crippen MR) is 55.8 cm³/mol. The molecular formula is C10H20O5Ti. The van der Waals surface area contributed by atoms with Crippen molar-refractivity contribution in [2.45, 2.75) is 27.7 Å². The fraction of sp³-hybridized carbons (Fsp3) is 0.700. The van der Waals surface area contributed by atoms with Crippen molar-refractivity contribution in [3.63, 3.8) is 0 Å². The zero-order valence-electron chi connectivity index (χ0n) is 10.4. The molecule has 0 N–H and O–H groups in total. The van der Waals surface area contributed by atoms with Crippen LogP contribution in [0, 0.1) is 0 Å². The van der Waals surface area contributed by atoms with Gasteiger partial charge in [0.15, 0.2) is 0 Å². The zero-order chi connectivity index (χ0) is 12.6. The van der Waals surface area contributed by atoms with E-state index in [4.69, 9.17) is 13.3 Å². The van der Waals surface area contributed by atoms with Crippen LogP contribution in [-0.4, -0.2) is 25.8 Å². The summed E-state index contributed by atoms with van der Waals surface area (Å²) >= 11 is -3.88. The second-order valence-corrected chi connectivity index (χ2v) is 6.20. The molecule has 0 bridgehead atoms. The topological polar surface area (TPSA) is 54.0 Å². The van der Waals surface area contributed by atoms with Gasteiger partial charge in [0.1, 0.15) is 0 Å². The molecule has 0 radical (unpaired) electrons. The van der Waals surface area contributed by atoms with Crippen LogP contribution < -0.4 is 0 Å². The predicted octanol–water partition coefficient (Wildman–Crippen LogP) is 2.03. The molecule has 94 valence electrons. The zero-order valence-corrected chi connectivity index (χ0v) is 11.9. The van der Waals surface area contributed by atoms with Gasteiger partial charge in [-0.2, -0.15) is 0 Å². The van der Waals surface area contributed by atoms with Gasteiger partial charge in [-0.25, -0.2) is 0 Å². The Kier molecular flexibility index (Phi) is 7.88. The normalized spacial score (nSPS) is 11.2. The molecular weight excluding hydrogens is 248 g/mol. The Labute approximate surface area is 102 Å². The third-order valence-corrected chi connectivity index (χ3v) is 5.22. The Hall–Kier alpha value is -0.196. The van der Waals surface area contributed by atoms with Gasteiger partial charge in [0.25, 0.3) is 0 Å². The molecule has 0 rings (SSSR count). The van der Waals surface area contributed by atoms with E-state index in [1.165, 1.54) is 0 Å². The average Bonchev–Trinajstić information content (AvgIpc) is 2.18. The Balaban J connectivity index is 4.71. The first-order valence-corrected chi connectivity index (χ1v) is 7.87. The number of hydrogen-bond donors (Lipinski definition) is 0. The summed E-state index contributed by atoms with van der Waals surface area (Å²) in [4.78, 5) is 11.5. The molecule has 0 aromatic carbocycles. The van der Waals surface area contributed by atoms with E-state index in [2.05, 4.69) is 6.58 Å². The van der Waals surface area contributed by atoms with Crippen molar-refractivity contribution in [1.82, 2.24) is 0 Å². The van der Waals surface area contributed by atoms with E-state index in [0.29, 0.717) is 25.4 Å². The quantitative estimate of drug-likeness (QED) is 0.498. The van der Waals surface area contributed by atoms with Crippen LogP contribution in [0.2, 0.25) is 0 Å². The molecule has 0 saturated heterocycles. The minimum atomic E-state index is -3.88. The van der Waals surface area contributed by atoms with Crippen molar-refractivity contribution in [1.29, 1.82) is 0 Å². The molecule has 0 atom stereocenters. The summed E-state index contributed by atoms with van der Waals surface area (Å²) in [6.07, 6.45) is 0. The van der Waals surface area contributed by atoms with Crippen molar-refractivity contribution in [2.75, 3.05) is 19.8 Å². The van der Waals surface area contributed by atoms with E-state index in [1.807, 2.05) is 0 Å². The van der Waals surface area contributed by atoms with Gasteiger partial charge in [-0.3, -0.25) is 0 Å². The Bertz CT molecular complexity index is 224. The number of carbonyl (C=O) groups excluding carboxylic acids is 1. The molecule has 0 aromatic heterocycles. The van der Waals surface area contributed by atoms with Crippen LogP contribution in [0.1, 0.15) is 27.7 Å². The van der Waals surface area contributed by atoms with Crippen LogP contribution >= 0.6 is 0 Å². The number of carbonyl (C=O) groups is 1. The van der Waals surface area contributed by atoms with Gasteiger partial charge in [-0.15, -0.1) is 0 Å². The van der Waals surface area contributed by atoms with Gasteiger partial charge in [-0.1, -0.05) is 0 Å². The molecule has 0 aliphatic carbocycles. The molecule has 0 aliphatic heterocycles. The Morgan fingerprint density at radius 2 is 1.44 bits per heavy atom. The van der Waals surface area contributed by atoms with Crippen molar-refractivity contribution in [3.8, 4) is 0 Å². The van der Waals surface area contributed by atoms with Gasteiger partial charge < -0.3 is 0 Å². The van der Waals surface area contributed by atoms with E-state index in [0.717, 1.165) is 0 Å². The summed E-state index contributed by atoms with van der Waals surface area (Å²) < 4.78 is 21.4. The molecule has 5 nitrogen and oxygen atoms in total. The van der Waals surface area contributed by atoms with E-state index >= 15 is 0 Å². The van der Waals surface area contributed by atoms with E-state index < -0.39 is 24.1 Å². The summed E-state index contributed by atoms with van der Waals surface area (Å²) in [5.41, 5.74) is 0.300. The van der Waals surface area contributed by atoms with Gasteiger partial charge in [-0.05, 0) is 0 Å². The first kappa shape index (κ1) is 15.8. The first-order chi connectivity index (χ1) is 7.51. The molecule has 16 heavy (non-hydrogen) atoms. The summed E-state index contributed by atoms with van der Waals surface area (Å²) in [6.45, 7) is 11.6. The van der Waals surface area contributed by atoms with E-state index in [1.54, 1.807) is 27.7 Å². The second kappa shape index (κ2) is 7.98. The van der Waals surface area contributed by atoms with Crippen molar-refractivity contribution in [3.05, 3.63) is 12.2 Å². The molecule has 0 spiro atoms. The SMILES string of the molecule is C=C(C)C(=O)[O][Ti]([O]CC)([O]CC)[O]CC.